The SMILES string of the molecule is CC1=[C]([Ti])CC([Si](c2cc(Cc3ccccc3)cc(Cc3ccccc3)c2)(c2cc(Cc3ccccc3)cc(Cc3ccccc3)c2)c2cc(Cc3ccccc3)cc(Cc3ccccc3)c2)=C1C.Cl.Cl.Cl. The second kappa shape index (κ2) is 25.3. The fraction of sp³-hybridized carbons (Fsp3) is 0.134. The van der Waals surface area contributed by atoms with E-state index in [9.17, 15) is 0 Å². The molecule has 0 unspecified atom stereocenters. The van der Waals surface area contributed by atoms with Crippen molar-refractivity contribution in [2.24, 2.45) is 0 Å². The molecule has 10 rings (SSSR count). The van der Waals surface area contributed by atoms with Gasteiger partial charge in [0.1, 0.15) is 0 Å². The smallest absolute Gasteiger partial charge is 0.147 e. The molecule has 0 atom stereocenters. The molecule has 0 saturated carbocycles. The summed E-state index contributed by atoms with van der Waals surface area (Å²) in [5.41, 5.74) is 19.1. The fourth-order valence-electron chi connectivity index (χ4n) is 10.9. The minimum absolute atomic E-state index is 0. The normalized spacial score (nSPS) is 12.2. The summed E-state index contributed by atoms with van der Waals surface area (Å²) in [6, 6.07) is 90.0. The maximum Gasteiger partial charge on any atom is -0.147 e. The van der Waals surface area contributed by atoms with Gasteiger partial charge in [0.05, 0.1) is 0 Å². The Balaban J connectivity index is 0.00000253. The van der Waals surface area contributed by atoms with E-state index in [0.29, 0.717) is 0 Å². The molecule has 0 heterocycles. The average molecular weight is 1050 g/mol. The largest absolute Gasteiger partial charge is 0.147 e. The fourth-order valence-corrected chi connectivity index (χ4v) is 17.4. The molecule has 0 fully saturated rings. The summed E-state index contributed by atoms with van der Waals surface area (Å²) in [7, 11) is -3.19. The van der Waals surface area contributed by atoms with Crippen LogP contribution in [0.2, 0.25) is 0 Å². The summed E-state index contributed by atoms with van der Waals surface area (Å²) in [5.74, 6) is 0. The average Bonchev–Trinajstić information content (AvgIpc) is 3.63. The molecule has 9 aromatic rings. The molecule has 72 heavy (non-hydrogen) atoms. The van der Waals surface area contributed by atoms with Gasteiger partial charge in [-0.15, -0.1) is 37.2 Å². The topological polar surface area (TPSA) is 0 Å². The molecule has 0 saturated heterocycles. The first-order chi connectivity index (χ1) is 33.8. The molecule has 0 nitrogen and oxygen atoms in total. The molecular formula is C67H62Cl3SiTi. The standard InChI is InChI=1S/C67H59Si.3ClH.Ti/c1-50-33-34-67(51(50)2)68(64-44-58(35-52-21-9-3-10-22-52)41-59(45-64)36-53-23-11-4-12-24-53,65-46-60(37-54-25-13-5-14-26-54)42-61(47-65)38-55-27-15-6-16-28-55)66-48-62(39-56-29-17-7-18-30-56)43-63(49-66)40-57-31-19-8-20-32-57;;;;/h3-32,41-49H,34-40H2,1-2H3;3*1H;. The predicted octanol–water partition coefficient (Wildman–Crippen LogP) is 15.0. The van der Waals surface area contributed by atoms with Crippen molar-refractivity contribution < 1.29 is 20.4 Å². The molecule has 0 aromatic heterocycles. The van der Waals surface area contributed by atoms with E-state index >= 15 is 0 Å². The number of allylic oxidation sites excluding steroid dienone is 4. The number of benzene rings is 9. The molecule has 0 N–H and O–H groups in total. The predicted molar refractivity (Wildman–Crippen MR) is 311 cm³/mol. The Labute approximate surface area is 460 Å². The first-order valence-corrected chi connectivity index (χ1v) is 27.4. The Kier molecular flexibility index (Phi) is 19.0. The quantitative estimate of drug-likeness (QED) is 0.0668. The Morgan fingerprint density at radius 3 is 0.681 bits per heavy atom. The summed E-state index contributed by atoms with van der Waals surface area (Å²) < 4.78 is 1.49. The molecule has 359 valence electrons. The number of hydrogen-bond donors (Lipinski definition) is 0. The molecule has 0 aliphatic heterocycles. The van der Waals surface area contributed by atoms with Gasteiger partial charge in [-0.1, -0.05) is 0 Å². The van der Waals surface area contributed by atoms with E-state index in [2.05, 4.69) is 271 Å². The van der Waals surface area contributed by atoms with E-state index in [4.69, 9.17) is 0 Å². The zero-order chi connectivity index (χ0) is 47.0. The molecule has 0 radical (unpaired) electrons. The Morgan fingerprint density at radius 1 is 0.292 bits per heavy atom. The van der Waals surface area contributed by atoms with Gasteiger partial charge < -0.3 is 0 Å². The third-order valence-electron chi connectivity index (χ3n) is 14.2. The van der Waals surface area contributed by atoms with Crippen LogP contribution in [-0.2, 0) is 59.0 Å². The third-order valence-corrected chi connectivity index (χ3v) is 20.0. The van der Waals surface area contributed by atoms with Crippen LogP contribution >= 0.6 is 37.2 Å². The van der Waals surface area contributed by atoms with Gasteiger partial charge >= 0.3 is 426 Å². The molecule has 0 spiro atoms. The van der Waals surface area contributed by atoms with E-state index < -0.39 is 8.07 Å². The second-order valence-electron chi connectivity index (χ2n) is 19.2. The summed E-state index contributed by atoms with van der Waals surface area (Å²) in [5, 5.41) is 6.04. The van der Waals surface area contributed by atoms with Crippen LogP contribution in [0.15, 0.2) is 257 Å². The van der Waals surface area contributed by atoms with Crippen LogP contribution in [0.5, 0.6) is 0 Å². The van der Waals surface area contributed by atoms with Crippen LogP contribution in [-0.4, -0.2) is 8.07 Å². The van der Waals surface area contributed by atoms with Crippen molar-refractivity contribution in [3.05, 3.63) is 324 Å². The van der Waals surface area contributed by atoms with Crippen molar-refractivity contribution in [1.82, 2.24) is 0 Å². The van der Waals surface area contributed by atoms with Gasteiger partial charge in [0.15, 0.2) is 0 Å². The first kappa shape index (κ1) is 54.0. The van der Waals surface area contributed by atoms with Crippen LogP contribution in [0.3, 0.4) is 0 Å². The summed E-state index contributed by atoms with van der Waals surface area (Å²) >= 11 is 2.39. The van der Waals surface area contributed by atoms with Gasteiger partial charge in [0.25, 0.3) is 0 Å². The van der Waals surface area contributed by atoms with Crippen molar-refractivity contribution in [2.45, 2.75) is 58.8 Å². The molecule has 1 aliphatic carbocycles. The molecule has 9 aromatic carbocycles. The summed E-state index contributed by atoms with van der Waals surface area (Å²) in [6.45, 7) is 4.82. The monoisotopic (exact) mass is 1050 g/mol. The van der Waals surface area contributed by atoms with Crippen LogP contribution in [0.1, 0.15) is 87.0 Å². The van der Waals surface area contributed by atoms with Crippen molar-refractivity contribution in [3.8, 4) is 0 Å². The van der Waals surface area contributed by atoms with Crippen molar-refractivity contribution >= 4 is 60.9 Å². The van der Waals surface area contributed by atoms with E-state index in [-0.39, 0.29) is 37.2 Å². The van der Waals surface area contributed by atoms with Crippen molar-refractivity contribution in [1.29, 1.82) is 0 Å². The van der Waals surface area contributed by atoms with Crippen molar-refractivity contribution in [2.75, 3.05) is 0 Å². The zero-order valence-electron chi connectivity index (χ0n) is 41.2. The summed E-state index contributed by atoms with van der Waals surface area (Å²) in [6.07, 6.45) is 6.19. The van der Waals surface area contributed by atoms with E-state index in [0.717, 1.165) is 44.9 Å². The third kappa shape index (κ3) is 12.7. The van der Waals surface area contributed by atoms with Crippen LogP contribution in [0.4, 0.5) is 0 Å². The van der Waals surface area contributed by atoms with Crippen molar-refractivity contribution in [3.63, 3.8) is 0 Å². The minimum atomic E-state index is -3.19. The van der Waals surface area contributed by atoms with Crippen LogP contribution in [0, 0.1) is 0 Å². The molecule has 1 aliphatic rings. The van der Waals surface area contributed by atoms with Gasteiger partial charge in [-0.2, -0.15) is 0 Å². The van der Waals surface area contributed by atoms with Gasteiger partial charge in [-0.25, -0.2) is 0 Å². The Morgan fingerprint density at radius 2 is 0.500 bits per heavy atom. The number of hydrogen-bond acceptors (Lipinski definition) is 0. The van der Waals surface area contributed by atoms with Crippen LogP contribution < -0.4 is 15.6 Å². The van der Waals surface area contributed by atoms with Crippen LogP contribution in [0.25, 0.3) is 0 Å². The minimum Gasteiger partial charge on any atom is -0.147 e. The maximum atomic E-state index is 2.65. The molecule has 5 heteroatoms. The maximum absolute atomic E-state index is 3.19. The van der Waals surface area contributed by atoms with E-state index in [1.165, 1.54) is 97.3 Å². The Hall–Kier alpha value is -5.74. The van der Waals surface area contributed by atoms with E-state index in [1.54, 1.807) is 5.20 Å². The van der Waals surface area contributed by atoms with Gasteiger partial charge in [-0.05, 0) is 0 Å². The zero-order valence-corrected chi connectivity index (χ0v) is 46.2. The summed E-state index contributed by atoms with van der Waals surface area (Å²) in [4.78, 5) is 0. The molecule has 0 bridgehead atoms. The molecule has 0 amide bonds. The Bertz CT molecular complexity index is 2750. The first-order valence-electron chi connectivity index (χ1n) is 24.6. The van der Waals surface area contributed by atoms with E-state index in [1.807, 2.05) is 0 Å². The molecular weight excluding hydrogens is 987 g/mol. The number of halogens is 3. The van der Waals surface area contributed by atoms with Gasteiger partial charge in [0, 0.05) is 0 Å². The second-order valence-corrected chi connectivity index (χ2v) is 24.0. The van der Waals surface area contributed by atoms with Gasteiger partial charge in [0.2, 0.25) is 0 Å². The number of rotatable bonds is 16. The van der Waals surface area contributed by atoms with Gasteiger partial charge in [-0.3, -0.25) is 0 Å².